The molecule has 3 aromatic carbocycles. The number of allylic oxidation sites excluding steroid dienone is 1. The molecule has 0 saturated heterocycles. The number of imidazole rings is 1. The number of rotatable bonds is 9. The van der Waals surface area contributed by atoms with Gasteiger partial charge in [0.25, 0.3) is 0 Å². The topological polar surface area (TPSA) is 104 Å². The van der Waals surface area contributed by atoms with Gasteiger partial charge in [0.1, 0.15) is 5.82 Å². The van der Waals surface area contributed by atoms with Crippen molar-refractivity contribution >= 4 is 45.8 Å². The predicted octanol–water partition coefficient (Wildman–Crippen LogP) is 4.85. The van der Waals surface area contributed by atoms with Crippen LogP contribution in [0.25, 0.3) is 11.0 Å². The number of nitrogens with zero attached hydrogens (tertiary/aromatic N) is 2. The summed E-state index contributed by atoms with van der Waals surface area (Å²) >= 11 is 18.4. The highest BCUT2D eigenvalue weighted by Gasteiger charge is 2.17. The summed E-state index contributed by atoms with van der Waals surface area (Å²) in [6.45, 7) is 0.564. The van der Waals surface area contributed by atoms with Gasteiger partial charge in [0.15, 0.2) is 0 Å². The summed E-state index contributed by atoms with van der Waals surface area (Å²) in [6, 6.07) is 16.7. The molecule has 1 unspecified atom stereocenters. The minimum Gasteiger partial charge on any atom is -0.387 e. The van der Waals surface area contributed by atoms with Crippen molar-refractivity contribution in [1.29, 1.82) is 5.41 Å². The van der Waals surface area contributed by atoms with Crippen molar-refractivity contribution in [2.24, 2.45) is 5.84 Å². The van der Waals surface area contributed by atoms with Crippen LogP contribution in [-0.4, -0.2) is 14.2 Å². The van der Waals surface area contributed by atoms with Crippen LogP contribution in [0.4, 0.5) is 4.39 Å². The van der Waals surface area contributed by atoms with E-state index in [1.54, 1.807) is 69.9 Å². The molecule has 7 nitrogen and oxygen atoms in total. The minimum atomic E-state index is -0.936. The molecule has 4 aromatic rings. The maximum atomic E-state index is 13.9. The lowest BCUT2D eigenvalue weighted by Crippen LogP contribution is -2.32. The van der Waals surface area contributed by atoms with Crippen LogP contribution in [0.5, 0.6) is 0 Å². The normalized spacial score (nSPS) is 12.7. The molecule has 11 heteroatoms. The van der Waals surface area contributed by atoms with Gasteiger partial charge in [-0.05, 0) is 42.0 Å². The number of fused-ring (bicyclic) bond motifs is 1. The molecule has 188 valence electrons. The van der Waals surface area contributed by atoms with E-state index in [0.29, 0.717) is 42.9 Å². The Bertz CT molecular complexity index is 1480. The Balaban J connectivity index is 1.63. The molecule has 1 aromatic heterocycles. The molecule has 0 aliphatic rings. The molecular formula is C25H24Cl3FN6O. The van der Waals surface area contributed by atoms with Crippen molar-refractivity contribution in [3.8, 4) is 0 Å². The van der Waals surface area contributed by atoms with Crippen LogP contribution in [0.15, 0.2) is 72.6 Å². The van der Waals surface area contributed by atoms with Crippen LogP contribution in [0.3, 0.4) is 0 Å². The van der Waals surface area contributed by atoms with Crippen molar-refractivity contribution in [3.63, 3.8) is 0 Å². The summed E-state index contributed by atoms with van der Waals surface area (Å²) in [5.74, 6) is 5.44. The number of aromatic nitrogens is 2. The van der Waals surface area contributed by atoms with E-state index in [1.165, 1.54) is 6.07 Å². The molecule has 0 saturated carbocycles. The van der Waals surface area contributed by atoms with Gasteiger partial charge in [-0.3, -0.25) is 11.3 Å². The van der Waals surface area contributed by atoms with E-state index in [2.05, 4.69) is 10.7 Å². The number of aliphatic hydroxyl groups is 1. The molecule has 0 radical (unpaired) electrons. The van der Waals surface area contributed by atoms with E-state index >= 15 is 0 Å². The van der Waals surface area contributed by atoms with E-state index in [1.807, 2.05) is 0 Å². The zero-order valence-electron chi connectivity index (χ0n) is 19.0. The van der Waals surface area contributed by atoms with Crippen LogP contribution >= 0.6 is 34.8 Å². The Kier molecular flexibility index (Phi) is 8.23. The fraction of sp³-hybridized carbons (Fsp3) is 0.160. The van der Waals surface area contributed by atoms with E-state index in [9.17, 15) is 9.50 Å². The molecule has 0 amide bonds. The van der Waals surface area contributed by atoms with E-state index < -0.39 is 6.10 Å². The van der Waals surface area contributed by atoms with Gasteiger partial charge in [-0.1, -0.05) is 59.1 Å². The number of hydrogen-bond donors (Lipinski definition) is 5. The molecule has 36 heavy (non-hydrogen) atoms. The number of halogens is 4. The number of benzene rings is 3. The summed E-state index contributed by atoms with van der Waals surface area (Å²) in [4.78, 5) is 0. The number of hydrazine groups is 1. The fourth-order valence-electron chi connectivity index (χ4n) is 3.89. The Labute approximate surface area is 222 Å². The highest BCUT2D eigenvalue weighted by molar-refractivity contribution is 6.42. The zero-order valence-corrected chi connectivity index (χ0v) is 21.2. The molecule has 0 aliphatic carbocycles. The van der Waals surface area contributed by atoms with Gasteiger partial charge in [-0.2, -0.15) is 0 Å². The molecule has 6 N–H and O–H groups in total. The van der Waals surface area contributed by atoms with Crippen LogP contribution in [0.1, 0.15) is 17.2 Å². The molecule has 1 atom stereocenters. The first-order valence-electron chi connectivity index (χ1n) is 11.0. The van der Waals surface area contributed by atoms with Crippen LogP contribution in [-0.2, 0) is 19.6 Å². The first kappa shape index (κ1) is 26.1. The first-order valence-corrected chi connectivity index (χ1v) is 12.1. The molecular weight excluding hydrogens is 526 g/mol. The van der Waals surface area contributed by atoms with E-state index in [0.717, 1.165) is 0 Å². The summed E-state index contributed by atoms with van der Waals surface area (Å²) in [7, 11) is 0. The standard InChI is InChI=1S/C25H24Cl3FN6O/c26-17-6-8-22-23(10-17)34(13-18(33-31)12-32-11-16-3-1-2-4-21(16)29)25(30)35(22)14-24(36)15-5-7-19(27)20(28)9-15/h1-10,12,24,30,32-33,36H,11,13-14,31H2/b18-12-,30-25?. The second-order valence-corrected chi connectivity index (χ2v) is 9.38. The Morgan fingerprint density at radius 1 is 1.03 bits per heavy atom. The van der Waals surface area contributed by atoms with Gasteiger partial charge in [-0.15, -0.1) is 0 Å². The van der Waals surface area contributed by atoms with E-state index in [-0.39, 0.29) is 31.1 Å². The van der Waals surface area contributed by atoms with Gasteiger partial charge in [0.2, 0.25) is 5.62 Å². The zero-order chi connectivity index (χ0) is 25.8. The fourth-order valence-corrected chi connectivity index (χ4v) is 4.36. The molecule has 0 bridgehead atoms. The smallest absolute Gasteiger partial charge is 0.203 e. The molecule has 0 fully saturated rings. The molecule has 0 spiro atoms. The number of aliphatic hydroxyl groups excluding tert-OH is 1. The largest absolute Gasteiger partial charge is 0.387 e. The summed E-state index contributed by atoms with van der Waals surface area (Å²) in [6.07, 6.45) is 0.700. The summed E-state index contributed by atoms with van der Waals surface area (Å²) in [5.41, 5.74) is 5.78. The molecule has 4 rings (SSSR count). The van der Waals surface area contributed by atoms with Gasteiger partial charge in [0.05, 0.1) is 46.0 Å². The van der Waals surface area contributed by atoms with Crippen molar-refractivity contribution in [2.75, 3.05) is 0 Å². The number of nitrogens with one attached hydrogen (secondary N) is 3. The van der Waals surface area contributed by atoms with Gasteiger partial charge in [-0.25, -0.2) is 4.39 Å². The highest BCUT2D eigenvalue weighted by atomic mass is 35.5. The quantitative estimate of drug-likeness (QED) is 0.152. The summed E-state index contributed by atoms with van der Waals surface area (Å²) in [5, 5.41) is 24.0. The van der Waals surface area contributed by atoms with Crippen molar-refractivity contribution < 1.29 is 9.50 Å². The monoisotopic (exact) mass is 548 g/mol. The second kappa shape index (κ2) is 11.4. The lowest BCUT2D eigenvalue weighted by atomic mass is 10.1. The predicted molar refractivity (Wildman–Crippen MR) is 141 cm³/mol. The van der Waals surface area contributed by atoms with Crippen molar-refractivity contribution in [1.82, 2.24) is 19.9 Å². The van der Waals surface area contributed by atoms with E-state index in [4.69, 9.17) is 46.1 Å². The molecule has 0 aliphatic heterocycles. The lowest BCUT2D eigenvalue weighted by Gasteiger charge is -2.14. The van der Waals surface area contributed by atoms with Crippen molar-refractivity contribution in [2.45, 2.75) is 25.7 Å². The van der Waals surface area contributed by atoms with Gasteiger partial charge < -0.3 is 25.0 Å². The van der Waals surface area contributed by atoms with Gasteiger partial charge in [0, 0.05) is 23.3 Å². The third-order valence-corrected chi connectivity index (χ3v) is 6.73. The average Bonchev–Trinajstić information content (AvgIpc) is 3.11. The van der Waals surface area contributed by atoms with Crippen molar-refractivity contribution in [3.05, 3.63) is 110 Å². The third-order valence-electron chi connectivity index (χ3n) is 5.75. The second-order valence-electron chi connectivity index (χ2n) is 8.13. The SMILES string of the molecule is N=c1n(C/C(=C/NCc2ccccc2F)NN)c2cc(Cl)ccc2n1CC(O)c1ccc(Cl)c(Cl)c1. The third kappa shape index (κ3) is 5.69. The first-order chi connectivity index (χ1) is 17.3. The lowest BCUT2D eigenvalue weighted by molar-refractivity contribution is 0.155. The number of nitrogens with two attached hydrogens (primary N) is 1. The Morgan fingerprint density at radius 2 is 1.81 bits per heavy atom. The summed E-state index contributed by atoms with van der Waals surface area (Å²) < 4.78 is 17.3. The maximum absolute atomic E-state index is 13.9. The Morgan fingerprint density at radius 3 is 2.53 bits per heavy atom. The average molecular weight is 550 g/mol. The number of hydrogen-bond acceptors (Lipinski definition) is 5. The highest BCUT2D eigenvalue weighted by Crippen LogP contribution is 2.27. The molecule has 1 heterocycles. The Hall–Kier alpha value is -3.01. The van der Waals surface area contributed by atoms with Crippen LogP contribution in [0.2, 0.25) is 15.1 Å². The van der Waals surface area contributed by atoms with Gasteiger partial charge >= 0.3 is 0 Å². The minimum absolute atomic E-state index is 0.0998. The van der Waals surface area contributed by atoms with Crippen LogP contribution in [0, 0.1) is 11.2 Å². The maximum Gasteiger partial charge on any atom is 0.203 e. The van der Waals surface area contributed by atoms with Crippen LogP contribution < -0.4 is 22.2 Å².